The maximum absolute atomic E-state index is 9.86. The predicted molar refractivity (Wildman–Crippen MR) is 67.5 cm³/mol. The molecule has 1 aromatic rings. The third-order valence-corrected chi connectivity index (χ3v) is 2.89. The minimum Gasteiger partial charge on any atom is -0.492 e. The SMILES string of the molecule is CCCC(O)c1cc(Cl)c(OCC)cc1Cl. The molecular weight excluding hydrogens is 247 g/mol. The van der Waals surface area contributed by atoms with Gasteiger partial charge in [0.05, 0.1) is 22.8 Å². The van der Waals surface area contributed by atoms with Crippen LogP contribution in [-0.2, 0) is 0 Å². The van der Waals surface area contributed by atoms with E-state index in [1.165, 1.54) is 0 Å². The molecule has 0 aliphatic carbocycles. The van der Waals surface area contributed by atoms with E-state index in [4.69, 9.17) is 27.9 Å². The van der Waals surface area contributed by atoms with Gasteiger partial charge in [-0.25, -0.2) is 0 Å². The highest BCUT2D eigenvalue weighted by molar-refractivity contribution is 6.34. The molecule has 0 heterocycles. The normalized spacial score (nSPS) is 12.6. The van der Waals surface area contributed by atoms with Crippen LogP contribution in [0.1, 0.15) is 38.4 Å². The summed E-state index contributed by atoms with van der Waals surface area (Å²) in [4.78, 5) is 0. The van der Waals surface area contributed by atoms with Gasteiger partial charge >= 0.3 is 0 Å². The summed E-state index contributed by atoms with van der Waals surface area (Å²) in [6.45, 7) is 4.42. The van der Waals surface area contributed by atoms with Crippen molar-refractivity contribution in [2.75, 3.05) is 6.61 Å². The summed E-state index contributed by atoms with van der Waals surface area (Å²) in [7, 11) is 0. The molecule has 0 bridgehead atoms. The first-order chi connectivity index (χ1) is 7.60. The number of hydrogen-bond acceptors (Lipinski definition) is 2. The number of benzene rings is 1. The van der Waals surface area contributed by atoms with E-state index in [0.29, 0.717) is 34.4 Å². The minimum absolute atomic E-state index is 0.483. The number of aliphatic hydroxyl groups excluding tert-OH is 1. The highest BCUT2D eigenvalue weighted by atomic mass is 35.5. The first-order valence-electron chi connectivity index (χ1n) is 5.39. The van der Waals surface area contributed by atoms with Crippen LogP contribution in [0, 0.1) is 0 Å². The monoisotopic (exact) mass is 262 g/mol. The van der Waals surface area contributed by atoms with E-state index in [2.05, 4.69) is 0 Å². The Morgan fingerprint density at radius 1 is 1.25 bits per heavy atom. The quantitative estimate of drug-likeness (QED) is 0.861. The van der Waals surface area contributed by atoms with E-state index in [1.54, 1.807) is 12.1 Å². The maximum atomic E-state index is 9.86. The Balaban J connectivity index is 3.00. The molecule has 2 nitrogen and oxygen atoms in total. The minimum atomic E-state index is -0.564. The van der Waals surface area contributed by atoms with Gasteiger partial charge < -0.3 is 9.84 Å². The number of hydrogen-bond donors (Lipinski definition) is 1. The number of aliphatic hydroxyl groups is 1. The van der Waals surface area contributed by atoms with Crippen LogP contribution in [0.15, 0.2) is 12.1 Å². The Bertz CT molecular complexity index is 353. The van der Waals surface area contributed by atoms with Crippen LogP contribution in [0.2, 0.25) is 10.0 Å². The second-order valence-corrected chi connectivity index (χ2v) is 4.36. The van der Waals surface area contributed by atoms with Crippen molar-refractivity contribution in [3.63, 3.8) is 0 Å². The van der Waals surface area contributed by atoms with Gasteiger partial charge in [0.2, 0.25) is 0 Å². The molecule has 0 fully saturated rings. The summed E-state index contributed by atoms with van der Waals surface area (Å²) < 4.78 is 5.31. The Kier molecular flexibility index (Phi) is 5.39. The molecule has 0 aliphatic heterocycles. The Morgan fingerprint density at radius 2 is 1.94 bits per heavy atom. The van der Waals surface area contributed by atoms with Gasteiger partial charge in [-0.05, 0) is 19.4 Å². The third-order valence-electron chi connectivity index (χ3n) is 2.27. The zero-order valence-corrected chi connectivity index (χ0v) is 11.0. The molecular formula is C12H16Cl2O2. The van der Waals surface area contributed by atoms with E-state index in [9.17, 15) is 5.11 Å². The van der Waals surface area contributed by atoms with Crippen LogP contribution in [0.3, 0.4) is 0 Å². The number of rotatable bonds is 5. The Labute approximate surface area is 106 Å². The summed E-state index contributed by atoms with van der Waals surface area (Å²) in [5, 5.41) is 10.8. The number of halogens is 2. The molecule has 0 spiro atoms. The molecule has 1 aromatic carbocycles. The molecule has 1 unspecified atom stereocenters. The van der Waals surface area contributed by atoms with Crippen molar-refractivity contribution in [1.82, 2.24) is 0 Å². The first-order valence-corrected chi connectivity index (χ1v) is 6.15. The lowest BCUT2D eigenvalue weighted by Crippen LogP contribution is -2.00. The highest BCUT2D eigenvalue weighted by Gasteiger charge is 2.14. The average Bonchev–Trinajstić information content (AvgIpc) is 2.23. The Morgan fingerprint density at radius 3 is 2.50 bits per heavy atom. The molecule has 1 rings (SSSR count). The van der Waals surface area contributed by atoms with E-state index in [1.807, 2.05) is 13.8 Å². The molecule has 0 amide bonds. The van der Waals surface area contributed by atoms with E-state index >= 15 is 0 Å². The summed E-state index contributed by atoms with van der Waals surface area (Å²) in [6, 6.07) is 3.33. The van der Waals surface area contributed by atoms with Gasteiger partial charge in [0.15, 0.2) is 0 Å². The van der Waals surface area contributed by atoms with Gasteiger partial charge in [-0.1, -0.05) is 36.5 Å². The molecule has 1 N–H and O–H groups in total. The largest absolute Gasteiger partial charge is 0.492 e. The van der Waals surface area contributed by atoms with Crippen molar-refractivity contribution in [2.24, 2.45) is 0 Å². The first kappa shape index (κ1) is 13.6. The molecule has 0 aromatic heterocycles. The van der Waals surface area contributed by atoms with Gasteiger partial charge in [0.1, 0.15) is 5.75 Å². The fraction of sp³-hybridized carbons (Fsp3) is 0.500. The van der Waals surface area contributed by atoms with Crippen molar-refractivity contribution in [1.29, 1.82) is 0 Å². The second kappa shape index (κ2) is 6.33. The lowest BCUT2D eigenvalue weighted by molar-refractivity contribution is 0.166. The maximum Gasteiger partial charge on any atom is 0.139 e. The molecule has 0 aliphatic rings. The van der Waals surface area contributed by atoms with Crippen LogP contribution in [0.25, 0.3) is 0 Å². The summed E-state index contributed by atoms with van der Waals surface area (Å²) in [6.07, 6.45) is 0.998. The van der Waals surface area contributed by atoms with Gasteiger partial charge in [-0.3, -0.25) is 0 Å². The molecule has 1 atom stereocenters. The van der Waals surface area contributed by atoms with Gasteiger partial charge in [-0.2, -0.15) is 0 Å². The van der Waals surface area contributed by atoms with Crippen molar-refractivity contribution in [3.8, 4) is 5.75 Å². The highest BCUT2D eigenvalue weighted by Crippen LogP contribution is 2.35. The van der Waals surface area contributed by atoms with Gasteiger partial charge in [0, 0.05) is 11.6 Å². The second-order valence-electron chi connectivity index (χ2n) is 3.54. The zero-order chi connectivity index (χ0) is 12.1. The lowest BCUT2D eigenvalue weighted by Gasteiger charge is -2.14. The molecule has 16 heavy (non-hydrogen) atoms. The predicted octanol–water partition coefficient (Wildman–Crippen LogP) is 4.23. The van der Waals surface area contributed by atoms with Crippen molar-refractivity contribution >= 4 is 23.2 Å². The topological polar surface area (TPSA) is 29.5 Å². The van der Waals surface area contributed by atoms with Crippen molar-refractivity contribution in [3.05, 3.63) is 27.7 Å². The fourth-order valence-electron chi connectivity index (χ4n) is 1.49. The fourth-order valence-corrected chi connectivity index (χ4v) is 2.00. The summed E-state index contributed by atoms with van der Waals surface area (Å²) in [5.41, 5.74) is 0.664. The van der Waals surface area contributed by atoms with Gasteiger partial charge in [-0.15, -0.1) is 0 Å². The zero-order valence-electron chi connectivity index (χ0n) is 9.46. The van der Waals surface area contributed by atoms with E-state index < -0.39 is 6.10 Å². The Hall–Kier alpha value is -0.440. The molecule has 90 valence electrons. The summed E-state index contributed by atoms with van der Waals surface area (Å²) in [5.74, 6) is 0.557. The standard InChI is InChI=1S/C12H16Cl2O2/c1-3-5-11(15)8-6-10(14)12(16-4-2)7-9(8)13/h6-7,11,15H,3-5H2,1-2H3. The van der Waals surface area contributed by atoms with Crippen LogP contribution < -0.4 is 4.74 Å². The van der Waals surface area contributed by atoms with Crippen molar-refractivity contribution in [2.45, 2.75) is 32.8 Å². The van der Waals surface area contributed by atoms with Crippen LogP contribution in [-0.4, -0.2) is 11.7 Å². The third kappa shape index (κ3) is 3.27. The van der Waals surface area contributed by atoms with Gasteiger partial charge in [0.25, 0.3) is 0 Å². The smallest absolute Gasteiger partial charge is 0.139 e. The van der Waals surface area contributed by atoms with Crippen LogP contribution in [0.4, 0.5) is 0 Å². The van der Waals surface area contributed by atoms with Crippen LogP contribution in [0.5, 0.6) is 5.75 Å². The summed E-state index contributed by atoms with van der Waals surface area (Å²) >= 11 is 12.1. The molecule has 0 saturated carbocycles. The van der Waals surface area contributed by atoms with E-state index in [0.717, 1.165) is 6.42 Å². The molecule has 0 saturated heterocycles. The number of ether oxygens (including phenoxy) is 1. The van der Waals surface area contributed by atoms with Crippen LogP contribution >= 0.6 is 23.2 Å². The molecule has 0 radical (unpaired) electrons. The lowest BCUT2D eigenvalue weighted by atomic mass is 10.1. The average molecular weight is 263 g/mol. The van der Waals surface area contributed by atoms with Crippen molar-refractivity contribution < 1.29 is 9.84 Å². The van der Waals surface area contributed by atoms with E-state index in [-0.39, 0.29) is 0 Å². The molecule has 4 heteroatoms.